The monoisotopic (exact) mass is 584 g/mol. The highest BCUT2D eigenvalue weighted by Gasteiger charge is 2.36. The van der Waals surface area contributed by atoms with Gasteiger partial charge in [0.25, 0.3) is 0 Å². The number of phenols is 1. The summed E-state index contributed by atoms with van der Waals surface area (Å²) in [5, 5.41) is 16.0. The second-order valence-electron chi connectivity index (χ2n) is 11.0. The maximum atomic E-state index is 13.7. The van der Waals surface area contributed by atoms with E-state index in [1.54, 1.807) is 43.4 Å². The van der Waals surface area contributed by atoms with E-state index in [0.29, 0.717) is 11.3 Å². The molecule has 5 N–H and O–H groups in total. The van der Waals surface area contributed by atoms with Crippen LogP contribution in [0.3, 0.4) is 0 Å². The number of fused-ring (bicyclic) bond motifs is 2. The number of aromatic hydroxyl groups is 1. The molecule has 0 spiro atoms. The number of amides is 3. The molecule has 4 rings (SSSR count). The number of ketones is 1. The van der Waals surface area contributed by atoms with Gasteiger partial charge in [0.1, 0.15) is 17.8 Å². The fourth-order valence-electron chi connectivity index (χ4n) is 5.59. The molecule has 9 nitrogen and oxygen atoms in total. The van der Waals surface area contributed by atoms with Crippen molar-refractivity contribution in [3.8, 4) is 5.75 Å². The summed E-state index contributed by atoms with van der Waals surface area (Å²) in [5.41, 5.74) is 10.6. The zero-order valence-electron chi connectivity index (χ0n) is 24.6. The van der Waals surface area contributed by atoms with E-state index in [1.165, 1.54) is 4.90 Å². The number of nitrogens with two attached hydrogens (primary N) is 1. The van der Waals surface area contributed by atoms with Crippen LogP contribution in [-0.4, -0.2) is 52.1 Å². The Morgan fingerprint density at radius 3 is 2.51 bits per heavy atom. The largest absolute Gasteiger partial charge is 0.506 e. The Morgan fingerprint density at radius 2 is 1.79 bits per heavy atom. The van der Waals surface area contributed by atoms with Crippen LogP contribution >= 0.6 is 0 Å². The van der Waals surface area contributed by atoms with Gasteiger partial charge in [-0.3, -0.25) is 19.2 Å². The topological polar surface area (TPSA) is 142 Å². The van der Waals surface area contributed by atoms with Crippen LogP contribution in [0.25, 0.3) is 0 Å². The summed E-state index contributed by atoms with van der Waals surface area (Å²) >= 11 is 0. The Labute approximate surface area is 252 Å². The number of nitrogens with one attached hydrogen (secondary N) is 2. The quantitative estimate of drug-likeness (QED) is 0.171. The predicted octanol–water partition coefficient (Wildman–Crippen LogP) is 3.64. The molecule has 0 saturated carbocycles. The lowest BCUT2D eigenvalue weighted by Crippen LogP contribution is -2.56. The first kappa shape index (κ1) is 31.4. The Kier molecular flexibility index (Phi) is 10.7. The SMILES string of the molecule is C=C/C=C\C=C(/C)C(=O)CCC(=O)N1Cc2ccccc2C[C@H]1C(=O)N[C@@H](CCN)C(=O)Nc1cc2c(cc1O)CCC2. The fourth-order valence-corrected chi connectivity index (χ4v) is 5.59. The first-order valence-electron chi connectivity index (χ1n) is 14.7. The molecule has 3 amide bonds. The average molecular weight is 585 g/mol. The van der Waals surface area contributed by atoms with Gasteiger partial charge >= 0.3 is 0 Å². The van der Waals surface area contributed by atoms with Gasteiger partial charge in [0.05, 0.1) is 5.69 Å². The fraction of sp³-hybridized carbons (Fsp3) is 0.353. The van der Waals surface area contributed by atoms with E-state index in [0.717, 1.165) is 41.5 Å². The number of rotatable bonds is 12. The van der Waals surface area contributed by atoms with E-state index in [2.05, 4.69) is 17.2 Å². The third-order valence-corrected chi connectivity index (χ3v) is 8.03. The zero-order chi connectivity index (χ0) is 30.9. The van der Waals surface area contributed by atoms with Gasteiger partial charge in [0, 0.05) is 25.8 Å². The summed E-state index contributed by atoms with van der Waals surface area (Å²) < 4.78 is 0. The molecule has 2 atom stereocenters. The van der Waals surface area contributed by atoms with Crippen molar-refractivity contribution in [2.45, 2.75) is 70.5 Å². The van der Waals surface area contributed by atoms with Crippen molar-refractivity contribution in [1.29, 1.82) is 0 Å². The number of benzene rings is 2. The molecule has 0 bridgehead atoms. The summed E-state index contributed by atoms with van der Waals surface area (Å²) in [4.78, 5) is 54.6. The second kappa shape index (κ2) is 14.6. The molecular formula is C34H40N4O5. The maximum absolute atomic E-state index is 13.7. The predicted molar refractivity (Wildman–Crippen MR) is 166 cm³/mol. The van der Waals surface area contributed by atoms with Crippen LogP contribution in [-0.2, 0) is 45.0 Å². The minimum Gasteiger partial charge on any atom is -0.506 e. The van der Waals surface area contributed by atoms with Crippen molar-refractivity contribution in [3.63, 3.8) is 0 Å². The third kappa shape index (κ3) is 7.87. The Hall–Kier alpha value is -4.50. The highest BCUT2D eigenvalue weighted by molar-refractivity contribution is 6.00. The number of carbonyl (C=O) groups is 4. The Balaban J connectivity index is 1.48. The van der Waals surface area contributed by atoms with E-state index < -0.39 is 23.9 Å². The lowest BCUT2D eigenvalue weighted by molar-refractivity contribution is -0.143. The summed E-state index contributed by atoms with van der Waals surface area (Å²) in [5.74, 6) is -1.48. The number of Topliss-reactive ketones (excluding diaryl/α,β-unsaturated/α-hetero) is 1. The standard InChI is InChI=1S/C34H40N4O5/c1-3-4-5-9-22(2)30(39)14-15-32(41)38-21-26-11-7-6-10-24(26)19-29(38)34(43)36-27(16-17-35)33(42)37-28-18-23-12-8-13-25(23)20-31(28)40/h3-7,9-11,18,20,27,29,40H,1,8,12-17,19,21,35H2,2H3,(H,36,43)(H,37,42)/b5-4-,22-9+/t27-,29-/m0/s1. The summed E-state index contributed by atoms with van der Waals surface area (Å²) in [6.45, 7) is 5.65. The van der Waals surface area contributed by atoms with Crippen molar-refractivity contribution >= 4 is 29.2 Å². The first-order valence-corrected chi connectivity index (χ1v) is 14.7. The molecular weight excluding hydrogens is 544 g/mol. The van der Waals surface area contributed by atoms with Crippen molar-refractivity contribution < 1.29 is 24.3 Å². The summed E-state index contributed by atoms with van der Waals surface area (Å²) in [6.07, 6.45) is 9.87. The first-order chi connectivity index (χ1) is 20.7. The molecule has 0 fully saturated rings. The van der Waals surface area contributed by atoms with Gasteiger partial charge in [0.2, 0.25) is 17.7 Å². The van der Waals surface area contributed by atoms with Crippen LogP contribution in [0, 0.1) is 0 Å². The smallest absolute Gasteiger partial charge is 0.247 e. The molecule has 0 saturated heterocycles. The lowest BCUT2D eigenvalue weighted by Gasteiger charge is -2.36. The number of hydrogen-bond donors (Lipinski definition) is 4. The Bertz CT molecular complexity index is 1460. The van der Waals surface area contributed by atoms with Crippen molar-refractivity contribution in [2.24, 2.45) is 5.73 Å². The zero-order valence-corrected chi connectivity index (χ0v) is 24.6. The van der Waals surface area contributed by atoms with Crippen LogP contribution in [0.4, 0.5) is 5.69 Å². The van der Waals surface area contributed by atoms with Crippen LogP contribution < -0.4 is 16.4 Å². The van der Waals surface area contributed by atoms with Crippen LogP contribution in [0.15, 0.2) is 72.9 Å². The van der Waals surface area contributed by atoms with Crippen molar-refractivity contribution in [2.75, 3.05) is 11.9 Å². The number of phenolic OH excluding ortho intramolecular Hbond substituents is 1. The van der Waals surface area contributed by atoms with E-state index in [4.69, 9.17) is 5.73 Å². The number of anilines is 1. The molecule has 1 heterocycles. The minimum absolute atomic E-state index is 0.0120. The molecule has 2 aromatic carbocycles. The highest BCUT2D eigenvalue weighted by Crippen LogP contribution is 2.32. The minimum atomic E-state index is -0.975. The number of aryl methyl sites for hydroxylation is 2. The Morgan fingerprint density at radius 1 is 1.07 bits per heavy atom. The van der Waals surface area contributed by atoms with Gasteiger partial charge in [0.15, 0.2) is 5.78 Å². The average Bonchev–Trinajstić information content (AvgIpc) is 3.45. The van der Waals surface area contributed by atoms with E-state index in [-0.39, 0.29) is 56.2 Å². The molecule has 9 heteroatoms. The van der Waals surface area contributed by atoms with Crippen molar-refractivity contribution in [3.05, 3.63) is 95.1 Å². The maximum Gasteiger partial charge on any atom is 0.247 e. The lowest BCUT2D eigenvalue weighted by atomic mass is 9.92. The molecule has 0 aromatic heterocycles. The molecule has 0 radical (unpaired) electrons. The van der Waals surface area contributed by atoms with Gasteiger partial charge in [-0.05, 0) is 79.1 Å². The highest BCUT2D eigenvalue weighted by atomic mass is 16.3. The van der Waals surface area contributed by atoms with Gasteiger partial charge in [-0.2, -0.15) is 0 Å². The summed E-state index contributed by atoms with van der Waals surface area (Å²) in [6, 6.07) is 9.22. The van der Waals surface area contributed by atoms with Gasteiger partial charge in [-0.15, -0.1) is 0 Å². The number of nitrogens with zero attached hydrogens (tertiary/aromatic N) is 1. The van der Waals surface area contributed by atoms with Gasteiger partial charge < -0.3 is 26.4 Å². The van der Waals surface area contributed by atoms with Gasteiger partial charge in [-0.25, -0.2) is 0 Å². The van der Waals surface area contributed by atoms with Crippen LogP contribution in [0.5, 0.6) is 5.75 Å². The normalized spacial score (nSPS) is 16.7. The number of allylic oxidation sites excluding steroid dienone is 5. The second-order valence-corrected chi connectivity index (χ2v) is 11.0. The van der Waals surface area contributed by atoms with Crippen molar-refractivity contribution in [1.82, 2.24) is 10.2 Å². The molecule has 2 aliphatic rings. The molecule has 226 valence electrons. The van der Waals surface area contributed by atoms with E-state index in [1.807, 2.05) is 24.3 Å². The molecule has 2 aromatic rings. The molecule has 43 heavy (non-hydrogen) atoms. The van der Waals surface area contributed by atoms with E-state index >= 15 is 0 Å². The van der Waals surface area contributed by atoms with Crippen LogP contribution in [0.1, 0.15) is 54.9 Å². The van der Waals surface area contributed by atoms with Gasteiger partial charge in [-0.1, -0.05) is 55.1 Å². The third-order valence-electron chi connectivity index (χ3n) is 8.03. The molecule has 1 aliphatic carbocycles. The van der Waals surface area contributed by atoms with Crippen LogP contribution in [0.2, 0.25) is 0 Å². The van der Waals surface area contributed by atoms with E-state index in [9.17, 15) is 24.3 Å². The number of hydrogen-bond acceptors (Lipinski definition) is 6. The summed E-state index contributed by atoms with van der Waals surface area (Å²) in [7, 11) is 0. The molecule has 1 aliphatic heterocycles. The molecule has 0 unspecified atom stereocenters. The number of carbonyl (C=O) groups excluding carboxylic acids is 4.